The van der Waals surface area contributed by atoms with Crippen LogP contribution < -0.4 is 10.2 Å². The maximum atomic E-state index is 12.8. The lowest BCUT2D eigenvalue weighted by atomic mass is 9.96. The van der Waals surface area contributed by atoms with Crippen molar-refractivity contribution in [1.29, 1.82) is 0 Å². The van der Waals surface area contributed by atoms with Crippen LogP contribution >= 0.6 is 11.8 Å². The molecule has 1 aromatic carbocycles. The summed E-state index contributed by atoms with van der Waals surface area (Å²) in [5.74, 6) is 0.781. The molecule has 0 aliphatic carbocycles. The van der Waals surface area contributed by atoms with Crippen LogP contribution in [0, 0.1) is 5.92 Å². The maximum Gasteiger partial charge on any atom is 0.227 e. The summed E-state index contributed by atoms with van der Waals surface area (Å²) in [4.78, 5) is 42.7. The summed E-state index contributed by atoms with van der Waals surface area (Å²) in [6.45, 7) is 4.71. The Hall–Kier alpha value is -2.02. The number of anilines is 1. The number of nitrogens with one attached hydrogen (secondary N) is 1. The first kappa shape index (κ1) is 23.6. The zero-order valence-electron chi connectivity index (χ0n) is 18.6. The second-order valence-corrected chi connectivity index (χ2v) is 9.53. The third-order valence-electron chi connectivity index (χ3n) is 6.06. The van der Waals surface area contributed by atoms with Gasteiger partial charge in [-0.1, -0.05) is 38.3 Å². The van der Waals surface area contributed by atoms with E-state index < -0.39 is 0 Å². The summed E-state index contributed by atoms with van der Waals surface area (Å²) < 4.78 is 0. The van der Waals surface area contributed by atoms with Gasteiger partial charge in [-0.3, -0.25) is 14.4 Å². The van der Waals surface area contributed by atoms with Gasteiger partial charge >= 0.3 is 0 Å². The Kier molecular flexibility index (Phi) is 9.25. The van der Waals surface area contributed by atoms with Crippen molar-refractivity contribution in [3.8, 4) is 0 Å². The molecule has 2 aliphatic rings. The number of hydrogen-bond donors (Lipinski definition) is 1. The lowest BCUT2D eigenvalue weighted by Crippen LogP contribution is -2.46. The molecule has 3 amide bonds. The molecule has 1 fully saturated rings. The van der Waals surface area contributed by atoms with Crippen LogP contribution in [0.25, 0.3) is 0 Å². The average molecular weight is 446 g/mol. The van der Waals surface area contributed by atoms with Gasteiger partial charge in [0.1, 0.15) is 0 Å². The molecule has 1 aromatic rings. The fourth-order valence-corrected chi connectivity index (χ4v) is 5.26. The highest BCUT2D eigenvalue weighted by atomic mass is 32.2. The van der Waals surface area contributed by atoms with Crippen LogP contribution in [0.4, 0.5) is 5.69 Å². The van der Waals surface area contributed by atoms with Gasteiger partial charge in [0.05, 0.1) is 11.6 Å². The van der Waals surface area contributed by atoms with E-state index in [1.54, 1.807) is 16.7 Å². The zero-order valence-corrected chi connectivity index (χ0v) is 19.4. The Balaban J connectivity index is 1.44. The Morgan fingerprint density at radius 2 is 1.87 bits per heavy atom. The van der Waals surface area contributed by atoms with E-state index >= 15 is 0 Å². The number of hydrogen-bond acceptors (Lipinski definition) is 4. The summed E-state index contributed by atoms with van der Waals surface area (Å²) >= 11 is 1.76. The fourth-order valence-electron chi connectivity index (χ4n) is 4.26. The number of carbonyl (C=O) groups is 3. The number of rotatable bonds is 9. The van der Waals surface area contributed by atoms with Gasteiger partial charge in [-0.25, -0.2) is 0 Å². The first-order chi connectivity index (χ1) is 15.1. The third kappa shape index (κ3) is 6.73. The maximum absolute atomic E-state index is 12.8. The number of thioether (sulfide) groups is 1. The molecule has 1 unspecified atom stereocenters. The van der Waals surface area contributed by atoms with Crippen molar-refractivity contribution >= 4 is 35.2 Å². The molecule has 2 aliphatic heterocycles. The Morgan fingerprint density at radius 1 is 1.06 bits per heavy atom. The second-order valence-electron chi connectivity index (χ2n) is 8.39. The van der Waals surface area contributed by atoms with Crippen LogP contribution in [0.5, 0.6) is 0 Å². The highest BCUT2D eigenvalue weighted by Gasteiger charge is 2.29. The molecule has 170 valence electrons. The Bertz CT molecular complexity index is 770. The molecule has 31 heavy (non-hydrogen) atoms. The molecule has 0 radical (unpaired) electrons. The summed E-state index contributed by atoms with van der Waals surface area (Å²) in [5.41, 5.74) is 0.949. The van der Waals surface area contributed by atoms with Crippen molar-refractivity contribution in [2.24, 2.45) is 5.92 Å². The number of nitrogens with zero attached hydrogens (tertiary/aromatic N) is 2. The van der Waals surface area contributed by atoms with E-state index in [0.717, 1.165) is 42.0 Å². The van der Waals surface area contributed by atoms with E-state index in [2.05, 4.69) is 12.2 Å². The monoisotopic (exact) mass is 445 g/mol. The molecule has 0 aromatic heterocycles. The van der Waals surface area contributed by atoms with Gasteiger partial charge < -0.3 is 15.1 Å². The first-order valence-corrected chi connectivity index (χ1v) is 12.7. The quantitative estimate of drug-likeness (QED) is 0.587. The molecule has 1 saturated heterocycles. The largest absolute Gasteiger partial charge is 0.356 e. The van der Waals surface area contributed by atoms with E-state index in [4.69, 9.17) is 0 Å². The lowest BCUT2D eigenvalue weighted by molar-refractivity contribution is -0.137. The lowest BCUT2D eigenvalue weighted by Gasteiger charge is -2.32. The Labute approximate surface area is 190 Å². The number of carbonyl (C=O) groups excluding carboxylic acids is 3. The third-order valence-corrected chi connectivity index (χ3v) is 7.10. The van der Waals surface area contributed by atoms with Crippen LogP contribution in [-0.2, 0) is 14.4 Å². The number of amides is 3. The minimum Gasteiger partial charge on any atom is -0.356 e. The highest BCUT2D eigenvalue weighted by molar-refractivity contribution is 7.99. The smallest absolute Gasteiger partial charge is 0.227 e. The molecular weight excluding hydrogens is 410 g/mol. The van der Waals surface area contributed by atoms with Gasteiger partial charge in [0.2, 0.25) is 17.7 Å². The number of fused-ring (bicyclic) bond motifs is 1. The second kappa shape index (κ2) is 12.1. The fraction of sp³-hybridized carbons (Fsp3) is 0.625. The van der Waals surface area contributed by atoms with Crippen LogP contribution in [0.2, 0.25) is 0 Å². The molecular formula is C24H35N3O3S. The molecule has 3 rings (SSSR count). The topological polar surface area (TPSA) is 69.7 Å². The number of unbranched alkanes of at least 4 members (excludes halogenated alkanes) is 3. The van der Waals surface area contributed by atoms with Gasteiger partial charge in [0.25, 0.3) is 0 Å². The number of para-hydroxylation sites is 1. The SMILES string of the molecule is CCCCCCNC(=O)C1CCCN(C(=O)CCC(=O)N2CCSc3ccccc32)C1. The summed E-state index contributed by atoms with van der Waals surface area (Å²) in [7, 11) is 0. The molecule has 0 bridgehead atoms. The minimum atomic E-state index is -0.134. The van der Waals surface area contributed by atoms with Crippen molar-refractivity contribution in [3.63, 3.8) is 0 Å². The number of piperidine rings is 1. The van der Waals surface area contributed by atoms with E-state index in [-0.39, 0.29) is 36.5 Å². The molecule has 1 atom stereocenters. The normalized spacial score (nSPS) is 18.4. The molecule has 7 heteroatoms. The van der Waals surface area contributed by atoms with Crippen molar-refractivity contribution in [1.82, 2.24) is 10.2 Å². The minimum absolute atomic E-state index is 0.000480. The number of benzene rings is 1. The van der Waals surface area contributed by atoms with E-state index in [9.17, 15) is 14.4 Å². The van der Waals surface area contributed by atoms with Crippen LogP contribution in [-0.4, -0.2) is 54.6 Å². The van der Waals surface area contributed by atoms with Gasteiger partial charge in [-0.2, -0.15) is 0 Å². The van der Waals surface area contributed by atoms with Crippen molar-refractivity contribution in [2.45, 2.75) is 63.2 Å². The standard InChI is InChI=1S/C24H35N3O3S/c1-2-3-4-7-14-25-24(30)19-9-8-15-26(18-19)22(28)12-13-23(29)27-16-17-31-21-11-6-5-10-20(21)27/h5-6,10-11,19H,2-4,7-9,12-18H2,1H3,(H,25,30). The number of likely N-dealkylation sites (tertiary alicyclic amines) is 1. The average Bonchev–Trinajstić information content (AvgIpc) is 2.81. The van der Waals surface area contributed by atoms with Crippen LogP contribution in [0.1, 0.15) is 58.3 Å². The van der Waals surface area contributed by atoms with E-state index in [1.807, 2.05) is 29.2 Å². The summed E-state index contributed by atoms with van der Waals surface area (Å²) in [5, 5.41) is 3.03. The summed E-state index contributed by atoms with van der Waals surface area (Å²) in [6.07, 6.45) is 6.60. The van der Waals surface area contributed by atoms with E-state index in [1.165, 1.54) is 12.8 Å². The van der Waals surface area contributed by atoms with Crippen LogP contribution in [0.15, 0.2) is 29.2 Å². The van der Waals surface area contributed by atoms with Crippen LogP contribution in [0.3, 0.4) is 0 Å². The molecule has 0 saturated carbocycles. The zero-order chi connectivity index (χ0) is 22.1. The molecule has 2 heterocycles. The van der Waals surface area contributed by atoms with Crippen molar-refractivity contribution < 1.29 is 14.4 Å². The van der Waals surface area contributed by atoms with E-state index in [0.29, 0.717) is 26.2 Å². The predicted molar refractivity (Wildman–Crippen MR) is 125 cm³/mol. The van der Waals surface area contributed by atoms with Gasteiger partial charge in [-0.15, -0.1) is 11.8 Å². The van der Waals surface area contributed by atoms with Crippen molar-refractivity contribution in [2.75, 3.05) is 36.8 Å². The van der Waals surface area contributed by atoms with Gasteiger partial charge in [-0.05, 0) is 31.4 Å². The molecule has 1 N–H and O–H groups in total. The van der Waals surface area contributed by atoms with Crippen molar-refractivity contribution in [3.05, 3.63) is 24.3 Å². The predicted octanol–water partition coefficient (Wildman–Crippen LogP) is 3.84. The molecule has 0 spiro atoms. The molecule has 6 nitrogen and oxygen atoms in total. The Morgan fingerprint density at radius 3 is 2.71 bits per heavy atom. The highest BCUT2D eigenvalue weighted by Crippen LogP contribution is 2.34. The van der Waals surface area contributed by atoms with Gasteiger partial charge in [0, 0.05) is 49.7 Å². The first-order valence-electron chi connectivity index (χ1n) is 11.7. The van der Waals surface area contributed by atoms with Gasteiger partial charge in [0.15, 0.2) is 0 Å². The summed E-state index contributed by atoms with van der Waals surface area (Å²) in [6, 6.07) is 7.93.